The van der Waals surface area contributed by atoms with Crippen LogP contribution in [0.15, 0.2) is 28.9 Å². The van der Waals surface area contributed by atoms with Gasteiger partial charge in [0, 0.05) is 11.5 Å². The number of nitrogens with one attached hydrogen (secondary N) is 1. The molecule has 16 heavy (non-hydrogen) atoms. The van der Waals surface area contributed by atoms with Gasteiger partial charge >= 0.3 is 0 Å². The van der Waals surface area contributed by atoms with Crippen molar-refractivity contribution < 1.29 is 9.26 Å². The number of piperidine rings is 1. The fraction of sp³-hybridized carbons (Fsp3) is 0.417. The van der Waals surface area contributed by atoms with E-state index in [9.17, 15) is 0 Å². The van der Waals surface area contributed by atoms with Gasteiger partial charge in [-0.3, -0.25) is 0 Å². The Balaban J connectivity index is 1.77. The van der Waals surface area contributed by atoms with Crippen LogP contribution in [0.3, 0.4) is 0 Å². The lowest BCUT2D eigenvalue weighted by Crippen LogP contribution is -2.34. The number of fused-ring (bicyclic) bond motifs is 1. The van der Waals surface area contributed by atoms with Crippen LogP contribution in [0.25, 0.3) is 11.0 Å². The second kappa shape index (κ2) is 4.14. The van der Waals surface area contributed by atoms with Gasteiger partial charge in [-0.15, -0.1) is 0 Å². The van der Waals surface area contributed by atoms with Crippen LogP contribution in [0, 0.1) is 0 Å². The van der Waals surface area contributed by atoms with E-state index in [2.05, 4.69) is 10.5 Å². The predicted octanol–water partition coefficient (Wildman–Crippen LogP) is 1.96. The molecule has 0 aliphatic carbocycles. The Hall–Kier alpha value is -1.55. The molecule has 1 fully saturated rings. The number of benzene rings is 1. The standard InChI is InChI=1S/C12H14N2O2/c1-2-11(7-12-9(1)8-14-16-12)15-10-3-5-13-6-4-10/h1-2,7-8,10,13H,3-6H2. The molecule has 1 saturated heterocycles. The van der Waals surface area contributed by atoms with E-state index >= 15 is 0 Å². The van der Waals surface area contributed by atoms with E-state index in [1.165, 1.54) is 0 Å². The number of aromatic nitrogens is 1. The number of rotatable bonds is 2. The fourth-order valence-electron chi connectivity index (χ4n) is 2.02. The Labute approximate surface area is 93.6 Å². The van der Waals surface area contributed by atoms with E-state index in [1.807, 2.05) is 18.2 Å². The predicted molar refractivity (Wildman–Crippen MR) is 60.5 cm³/mol. The van der Waals surface area contributed by atoms with Gasteiger partial charge in [0.25, 0.3) is 0 Å². The van der Waals surface area contributed by atoms with Gasteiger partial charge in [0.2, 0.25) is 0 Å². The quantitative estimate of drug-likeness (QED) is 0.837. The molecule has 0 spiro atoms. The van der Waals surface area contributed by atoms with Crippen molar-refractivity contribution in [3.63, 3.8) is 0 Å². The summed E-state index contributed by atoms with van der Waals surface area (Å²) < 4.78 is 11.0. The SMILES string of the molecule is c1cc2cnoc2cc1OC1CCNCC1. The smallest absolute Gasteiger partial charge is 0.170 e. The molecule has 1 aliphatic rings. The first-order valence-corrected chi connectivity index (χ1v) is 5.64. The zero-order valence-electron chi connectivity index (χ0n) is 8.98. The highest BCUT2D eigenvalue weighted by Gasteiger charge is 2.14. The summed E-state index contributed by atoms with van der Waals surface area (Å²) in [5, 5.41) is 8.08. The Morgan fingerprint density at radius 3 is 3.06 bits per heavy atom. The van der Waals surface area contributed by atoms with Gasteiger partial charge < -0.3 is 14.6 Å². The van der Waals surface area contributed by atoms with Gasteiger partial charge in [0.05, 0.1) is 6.20 Å². The number of hydrogen-bond donors (Lipinski definition) is 1. The zero-order chi connectivity index (χ0) is 10.8. The Kier molecular flexibility index (Phi) is 2.50. The van der Waals surface area contributed by atoms with E-state index in [-0.39, 0.29) is 0 Å². The lowest BCUT2D eigenvalue weighted by atomic mass is 10.1. The van der Waals surface area contributed by atoms with Crippen LogP contribution in [-0.2, 0) is 0 Å². The molecule has 84 valence electrons. The van der Waals surface area contributed by atoms with Crippen LogP contribution >= 0.6 is 0 Å². The van der Waals surface area contributed by atoms with Crippen molar-refractivity contribution in [1.29, 1.82) is 0 Å². The topological polar surface area (TPSA) is 47.3 Å². The Morgan fingerprint density at radius 2 is 2.19 bits per heavy atom. The largest absolute Gasteiger partial charge is 0.490 e. The minimum absolute atomic E-state index is 0.321. The van der Waals surface area contributed by atoms with Crippen LogP contribution in [-0.4, -0.2) is 24.4 Å². The summed E-state index contributed by atoms with van der Waals surface area (Å²) in [6.45, 7) is 2.07. The molecule has 4 nitrogen and oxygen atoms in total. The normalized spacial score (nSPS) is 17.8. The zero-order valence-corrected chi connectivity index (χ0v) is 8.98. The van der Waals surface area contributed by atoms with Crippen molar-refractivity contribution >= 4 is 11.0 Å². The van der Waals surface area contributed by atoms with Crippen LogP contribution in [0.1, 0.15) is 12.8 Å². The summed E-state index contributed by atoms with van der Waals surface area (Å²) in [4.78, 5) is 0. The lowest BCUT2D eigenvalue weighted by Gasteiger charge is -2.23. The van der Waals surface area contributed by atoms with E-state index in [0.717, 1.165) is 42.6 Å². The number of nitrogens with zero attached hydrogens (tertiary/aromatic N) is 1. The van der Waals surface area contributed by atoms with Crippen molar-refractivity contribution in [2.75, 3.05) is 13.1 Å². The van der Waals surface area contributed by atoms with E-state index in [4.69, 9.17) is 9.26 Å². The maximum absolute atomic E-state index is 5.90. The first kappa shape index (κ1) is 9.66. The molecule has 1 aromatic heterocycles. The molecule has 3 rings (SSSR count). The summed E-state index contributed by atoms with van der Waals surface area (Å²) in [6, 6.07) is 5.86. The van der Waals surface area contributed by atoms with Crippen LogP contribution in [0.4, 0.5) is 0 Å². The summed E-state index contributed by atoms with van der Waals surface area (Å²) in [5.41, 5.74) is 0.784. The number of ether oxygens (including phenoxy) is 1. The minimum atomic E-state index is 0.321. The van der Waals surface area contributed by atoms with Gasteiger partial charge in [-0.25, -0.2) is 0 Å². The van der Waals surface area contributed by atoms with Crippen molar-refractivity contribution in [2.45, 2.75) is 18.9 Å². The molecule has 0 saturated carbocycles. The molecule has 0 unspecified atom stereocenters. The average Bonchev–Trinajstić information content (AvgIpc) is 2.77. The molecule has 4 heteroatoms. The van der Waals surface area contributed by atoms with Crippen molar-refractivity contribution in [2.24, 2.45) is 0 Å². The lowest BCUT2D eigenvalue weighted by molar-refractivity contribution is 0.162. The summed E-state index contributed by atoms with van der Waals surface area (Å²) in [5.74, 6) is 0.871. The molecule has 2 aromatic rings. The third-order valence-corrected chi connectivity index (χ3v) is 2.92. The van der Waals surface area contributed by atoms with Crippen molar-refractivity contribution in [3.05, 3.63) is 24.4 Å². The maximum Gasteiger partial charge on any atom is 0.170 e. The molecule has 0 atom stereocenters. The second-order valence-corrected chi connectivity index (χ2v) is 4.09. The van der Waals surface area contributed by atoms with Crippen LogP contribution in [0.2, 0.25) is 0 Å². The van der Waals surface area contributed by atoms with Gasteiger partial charge in [-0.1, -0.05) is 5.16 Å². The molecule has 1 N–H and O–H groups in total. The van der Waals surface area contributed by atoms with Crippen LogP contribution in [0.5, 0.6) is 5.75 Å². The first-order valence-electron chi connectivity index (χ1n) is 5.64. The van der Waals surface area contributed by atoms with Gasteiger partial charge in [0.15, 0.2) is 5.58 Å². The fourth-order valence-corrected chi connectivity index (χ4v) is 2.02. The molecule has 1 aliphatic heterocycles. The van der Waals surface area contributed by atoms with E-state index in [0.29, 0.717) is 6.10 Å². The highest BCUT2D eigenvalue weighted by atomic mass is 16.5. The minimum Gasteiger partial charge on any atom is -0.490 e. The Morgan fingerprint density at radius 1 is 1.31 bits per heavy atom. The van der Waals surface area contributed by atoms with Gasteiger partial charge in [-0.2, -0.15) is 0 Å². The van der Waals surface area contributed by atoms with Crippen LogP contribution < -0.4 is 10.1 Å². The maximum atomic E-state index is 5.90. The summed E-state index contributed by atoms with van der Waals surface area (Å²) >= 11 is 0. The molecule has 0 amide bonds. The highest BCUT2D eigenvalue weighted by molar-refractivity contribution is 5.77. The third kappa shape index (κ3) is 1.88. The van der Waals surface area contributed by atoms with E-state index in [1.54, 1.807) is 6.20 Å². The van der Waals surface area contributed by atoms with Gasteiger partial charge in [-0.05, 0) is 38.1 Å². The third-order valence-electron chi connectivity index (χ3n) is 2.92. The number of hydrogen-bond acceptors (Lipinski definition) is 4. The Bertz CT molecular complexity index is 475. The van der Waals surface area contributed by atoms with Crippen molar-refractivity contribution in [3.8, 4) is 5.75 Å². The molecule has 0 bridgehead atoms. The highest BCUT2D eigenvalue weighted by Crippen LogP contribution is 2.22. The van der Waals surface area contributed by atoms with E-state index < -0.39 is 0 Å². The molecular weight excluding hydrogens is 204 g/mol. The first-order chi connectivity index (χ1) is 7.92. The summed E-state index contributed by atoms with van der Waals surface area (Å²) in [6.07, 6.45) is 4.16. The average molecular weight is 218 g/mol. The summed E-state index contributed by atoms with van der Waals surface area (Å²) in [7, 11) is 0. The molecular formula is C12H14N2O2. The van der Waals surface area contributed by atoms with Gasteiger partial charge in [0.1, 0.15) is 11.9 Å². The molecule has 0 radical (unpaired) electrons. The molecule has 1 aromatic carbocycles. The van der Waals surface area contributed by atoms with Crippen molar-refractivity contribution in [1.82, 2.24) is 10.5 Å². The second-order valence-electron chi connectivity index (χ2n) is 4.09. The molecule has 2 heterocycles. The monoisotopic (exact) mass is 218 g/mol.